The number of hydrogen-bond donors (Lipinski definition) is 1. The van der Waals surface area contributed by atoms with Crippen molar-refractivity contribution in [3.63, 3.8) is 0 Å². The summed E-state index contributed by atoms with van der Waals surface area (Å²) in [6.07, 6.45) is 2.56. The Kier molecular flexibility index (Phi) is 7.16. The molecule has 0 radical (unpaired) electrons. The summed E-state index contributed by atoms with van der Waals surface area (Å²) < 4.78 is 10.3. The Morgan fingerprint density at radius 2 is 2.00 bits per heavy atom. The molecular weight excluding hydrogens is 222 g/mol. The quantitative estimate of drug-likeness (QED) is 0.642. The van der Waals surface area contributed by atoms with Gasteiger partial charge in [-0.2, -0.15) is 0 Å². The Bertz CT molecular complexity index is 215. The van der Waals surface area contributed by atoms with Gasteiger partial charge in [0, 0.05) is 20.3 Å². The standard InChI is InChI=1S/C12H23NO4/c1-16-9-10-17-8-2-5-13-6-3-11(4-7-13)12(14)15/h11H,2-10H2,1H3,(H,14,15). The summed E-state index contributed by atoms with van der Waals surface area (Å²) in [6, 6.07) is 0. The molecule has 0 saturated carbocycles. The zero-order chi connectivity index (χ0) is 12.5. The summed E-state index contributed by atoms with van der Waals surface area (Å²) in [7, 11) is 1.66. The smallest absolute Gasteiger partial charge is 0.306 e. The van der Waals surface area contributed by atoms with E-state index in [2.05, 4.69) is 4.90 Å². The second kappa shape index (κ2) is 8.44. The van der Waals surface area contributed by atoms with E-state index >= 15 is 0 Å². The SMILES string of the molecule is COCCOCCCN1CCC(C(=O)O)CC1. The lowest BCUT2D eigenvalue weighted by molar-refractivity contribution is -0.143. The van der Waals surface area contributed by atoms with E-state index in [9.17, 15) is 4.79 Å². The van der Waals surface area contributed by atoms with Crippen molar-refractivity contribution in [3.05, 3.63) is 0 Å². The van der Waals surface area contributed by atoms with Gasteiger partial charge in [0.05, 0.1) is 19.1 Å². The van der Waals surface area contributed by atoms with Gasteiger partial charge in [0.25, 0.3) is 0 Å². The molecule has 17 heavy (non-hydrogen) atoms. The fourth-order valence-corrected chi connectivity index (χ4v) is 2.04. The number of aliphatic carboxylic acids is 1. The lowest BCUT2D eigenvalue weighted by Crippen LogP contribution is -2.37. The fraction of sp³-hybridized carbons (Fsp3) is 0.917. The number of carboxylic acid groups (broad SMARTS) is 1. The van der Waals surface area contributed by atoms with Crippen molar-refractivity contribution in [2.24, 2.45) is 5.92 Å². The topological polar surface area (TPSA) is 59.0 Å². The number of carbonyl (C=O) groups is 1. The van der Waals surface area contributed by atoms with Gasteiger partial charge in [-0.25, -0.2) is 0 Å². The van der Waals surface area contributed by atoms with Crippen LogP contribution in [-0.4, -0.2) is 62.5 Å². The lowest BCUT2D eigenvalue weighted by Gasteiger charge is -2.29. The Hall–Kier alpha value is -0.650. The zero-order valence-electron chi connectivity index (χ0n) is 10.6. The highest BCUT2D eigenvalue weighted by molar-refractivity contribution is 5.70. The van der Waals surface area contributed by atoms with Gasteiger partial charge < -0.3 is 19.5 Å². The van der Waals surface area contributed by atoms with Gasteiger partial charge in [0.1, 0.15) is 0 Å². The van der Waals surface area contributed by atoms with E-state index in [4.69, 9.17) is 14.6 Å². The van der Waals surface area contributed by atoms with Crippen molar-refractivity contribution in [2.75, 3.05) is 46.6 Å². The maximum absolute atomic E-state index is 10.8. The van der Waals surface area contributed by atoms with Crippen molar-refractivity contribution in [2.45, 2.75) is 19.3 Å². The van der Waals surface area contributed by atoms with Gasteiger partial charge in [-0.15, -0.1) is 0 Å². The van der Waals surface area contributed by atoms with Crippen molar-refractivity contribution in [1.82, 2.24) is 4.90 Å². The highest BCUT2D eigenvalue weighted by Crippen LogP contribution is 2.17. The summed E-state index contributed by atoms with van der Waals surface area (Å²) in [5, 5.41) is 8.87. The number of nitrogens with zero attached hydrogens (tertiary/aromatic N) is 1. The third kappa shape index (κ3) is 6.00. The molecule has 0 bridgehead atoms. The third-order valence-electron chi connectivity index (χ3n) is 3.13. The van der Waals surface area contributed by atoms with Crippen LogP contribution in [0.25, 0.3) is 0 Å². The molecule has 5 heteroatoms. The normalized spacial score (nSPS) is 18.4. The van der Waals surface area contributed by atoms with Crippen molar-refractivity contribution in [1.29, 1.82) is 0 Å². The molecule has 1 heterocycles. The van der Waals surface area contributed by atoms with Crippen LogP contribution in [0, 0.1) is 5.92 Å². The molecule has 1 fully saturated rings. The number of piperidine rings is 1. The Morgan fingerprint density at radius 1 is 1.29 bits per heavy atom. The molecule has 0 amide bonds. The first-order valence-electron chi connectivity index (χ1n) is 6.26. The van der Waals surface area contributed by atoms with E-state index in [-0.39, 0.29) is 5.92 Å². The number of hydrogen-bond acceptors (Lipinski definition) is 4. The molecule has 1 saturated heterocycles. The van der Waals surface area contributed by atoms with Gasteiger partial charge in [-0.1, -0.05) is 0 Å². The van der Waals surface area contributed by atoms with Crippen LogP contribution < -0.4 is 0 Å². The van der Waals surface area contributed by atoms with E-state index < -0.39 is 5.97 Å². The zero-order valence-corrected chi connectivity index (χ0v) is 10.6. The molecule has 0 aromatic carbocycles. The first-order valence-corrected chi connectivity index (χ1v) is 6.26. The van der Waals surface area contributed by atoms with Gasteiger partial charge >= 0.3 is 5.97 Å². The molecule has 1 rings (SSSR count). The Labute approximate surface area is 103 Å². The van der Waals surface area contributed by atoms with E-state index in [1.165, 1.54) is 0 Å². The predicted octanol–water partition coefficient (Wildman–Crippen LogP) is 0.836. The molecule has 0 aliphatic carbocycles. The largest absolute Gasteiger partial charge is 0.481 e. The summed E-state index contributed by atoms with van der Waals surface area (Å²) in [4.78, 5) is 13.1. The maximum Gasteiger partial charge on any atom is 0.306 e. The van der Waals surface area contributed by atoms with Gasteiger partial charge in [0.15, 0.2) is 0 Å². The number of carboxylic acids is 1. The average Bonchev–Trinajstić information content (AvgIpc) is 2.34. The Balaban J connectivity index is 1.97. The number of ether oxygens (including phenoxy) is 2. The molecule has 0 atom stereocenters. The first kappa shape index (κ1) is 14.4. The Morgan fingerprint density at radius 3 is 2.59 bits per heavy atom. The molecule has 1 aliphatic rings. The van der Waals surface area contributed by atoms with Crippen molar-refractivity contribution < 1.29 is 19.4 Å². The minimum atomic E-state index is -0.646. The van der Waals surface area contributed by atoms with Crippen molar-refractivity contribution in [3.8, 4) is 0 Å². The van der Waals surface area contributed by atoms with Gasteiger partial charge in [-0.05, 0) is 32.4 Å². The number of rotatable bonds is 8. The average molecular weight is 245 g/mol. The molecular formula is C12H23NO4. The molecule has 5 nitrogen and oxygen atoms in total. The number of likely N-dealkylation sites (tertiary alicyclic amines) is 1. The van der Waals surface area contributed by atoms with Crippen LogP contribution in [0.3, 0.4) is 0 Å². The van der Waals surface area contributed by atoms with Crippen LogP contribution in [0.2, 0.25) is 0 Å². The molecule has 1 N–H and O–H groups in total. The second-order valence-corrected chi connectivity index (χ2v) is 4.41. The molecule has 100 valence electrons. The first-order chi connectivity index (χ1) is 8.24. The van der Waals surface area contributed by atoms with E-state index in [1.54, 1.807) is 7.11 Å². The minimum absolute atomic E-state index is 0.135. The maximum atomic E-state index is 10.8. The van der Waals surface area contributed by atoms with Crippen LogP contribution in [0.15, 0.2) is 0 Å². The summed E-state index contributed by atoms with van der Waals surface area (Å²) in [5.74, 6) is -0.781. The van der Waals surface area contributed by atoms with Crippen LogP contribution >= 0.6 is 0 Å². The third-order valence-corrected chi connectivity index (χ3v) is 3.13. The highest BCUT2D eigenvalue weighted by Gasteiger charge is 2.23. The predicted molar refractivity (Wildman–Crippen MR) is 64.1 cm³/mol. The molecule has 0 aromatic rings. The lowest BCUT2D eigenvalue weighted by atomic mass is 9.97. The van der Waals surface area contributed by atoms with E-state index in [1.807, 2.05) is 0 Å². The summed E-state index contributed by atoms with van der Waals surface area (Å²) in [6.45, 7) is 4.84. The molecule has 0 spiro atoms. The van der Waals surface area contributed by atoms with Gasteiger partial charge in [-0.3, -0.25) is 4.79 Å². The van der Waals surface area contributed by atoms with Crippen LogP contribution in [-0.2, 0) is 14.3 Å². The number of methoxy groups -OCH3 is 1. The van der Waals surface area contributed by atoms with Crippen molar-refractivity contribution >= 4 is 5.97 Å². The van der Waals surface area contributed by atoms with Crippen LogP contribution in [0.1, 0.15) is 19.3 Å². The van der Waals surface area contributed by atoms with E-state index in [0.29, 0.717) is 13.2 Å². The minimum Gasteiger partial charge on any atom is -0.481 e. The summed E-state index contributed by atoms with van der Waals surface area (Å²) in [5.41, 5.74) is 0. The highest BCUT2D eigenvalue weighted by atomic mass is 16.5. The molecule has 1 aliphatic heterocycles. The fourth-order valence-electron chi connectivity index (χ4n) is 2.04. The second-order valence-electron chi connectivity index (χ2n) is 4.41. The van der Waals surface area contributed by atoms with Crippen LogP contribution in [0.5, 0.6) is 0 Å². The monoisotopic (exact) mass is 245 g/mol. The molecule has 0 unspecified atom stereocenters. The van der Waals surface area contributed by atoms with Crippen LogP contribution in [0.4, 0.5) is 0 Å². The summed E-state index contributed by atoms with van der Waals surface area (Å²) >= 11 is 0. The van der Waals surface area contributed by atoms with Gasteiger partial charge in [0.2, 0.25) is 0 Å². The van der Waals surface area contributed by atoms with E-state index in [0.717, 1.165) is 45.5 Å². The molecule has 0 aromatic heterocycles.